The van der Waals surface area contributed by atoms with Crippen molar-refractivity contribution in [3.05, 3.63) is 71.0 Å². The molecule has 1 aromatic carbocycles. The van der Waals surface area contributed by atoms with Crippen LogP contribution in [0.2, 0.25) is 0 Å². The van der Waals surface area contributed by atoms with Gasteiger partial charge in [-0.2, -0.15) is 0 Å². The number of hydrogen-bond acceptors (Lipinski definition) is 5. The van der Waals surface area contributed by atoms with Crippen LogP contribution in [0.5, 0.6) is 0 Å². The van der Waals surface area contributed by atoms with E-state index in [-0.39, 0.29) is 30.6 Å². The Balaban J connectivity index is 0.00000243. The molecule has 0 aliphatic rings. The van der Waals surface area contributed by atoms with Gasteiger partial charge in [-0.1, -0.05) is 12.1 Å². The van der Waals surface area contributed by atoms with Crippen molar-refractivity contribution < 1.29 is 9.59 Å². The van der Waals surface area contributed by atoms with E-state index < -0.39 is 0 Å². The largest absolute Gasteiger partial charge is 0.326 e. The Morgan fingerprint density at radius 2 is 1.96 bits per heavy atom. The van der Waals surface area contributed by atoms with Crippen LogP contribution in [0.1, 0.15) is 21.5 Å². The summed E-state index contributed by atoms with van der Waals surface area (Å²) >= 11 is 1.35. The van der Waals surface area contributed by atoms with Gasteiger partial charge in [0.1, 0.15) is 0 Å². The summed E-state index contributed by atoms with van der Waals surface area (Å²) in [7, 11) is 0. The average Bonchev–Trinajstić information content (AvgIpc) is 3.10. The van der Waals surface area contributed by atoms with Gasteiger partial charge in [0.2, 0.25) is 5.91 Å². The quantitative estimate of drug-likeness (QED) is 0.698. The molecule has 2 N–H and O–H groups in total. The maximum absolute atomic E-state index is 12.4. The van der Waals surface area contributed by atoms with Crippen molar-refractivity contribution in [1.82, 2.24) is 9.97 Å². The Kier molecular flexibility index (Phi) is 6.82. The Labute approximate surface area is 161 Å². The van der Waals surface area contributed by atoms with Crippen LogP contribution in [-0.2, 0) is 11.2 Å². The normalized spacial score (nSPS) is 9.88. The van der Waals surface area contributed by atoms with Gasteiger partial charge in [0.25, 0.3) is 5.91 Å². The van der Waals surface area contributed by atoms with E-state index in [4.69, 9.17) is 0 Å². The monoisotopic (exact) mass is 388 g/mol. The fourth-order valence-corrected chi connectivity index (χ4v) is 2.87. The van der Waals surface area contributed by atoms with Gasteiger partial charge in [-0.05, 0) is 36.2 Å². The molecule has 134 valence electrons. The summed E-state index contributed by atoms with van der Waals surface area (Å²) in [5.41, 5.74) is 2.64. The number of benzene rings is 1. The molecule has 2 amide bonds. The van der Waals surface area contributed by atoms with E-state index in [2.05, 4.69) is 20.6 Å². The number of thiazole rings is 1. The highest BCUT2D eigenvalue weighted by Gasteiger charge is 2.14. The minimum atomic E-state index is -0.254. The molecule has 0 saturated carbocycles. The number of anilines is 2. The molecule has 8 heteroatoms. The lowest BCUT2D eigenvalue weighted by Gasteiger charge is -2.12. The first-order valence-electron chi connectivity index (χ1n) is 7.62. The Morgan fingerprint density at radius 3 is 2.65 bits per heavy atom. The Morgan fingerprint density at radius 1 is 1.12 bits per heavy atom. The second-order valence-corrected chi connectivity index (χ2v) is 6.25. The molecule has 0 spiro atoms. The zero-order valence-corrected chi connectivity index (χ0v) is 15.6. The summed E-state index contributed by atoms with van der Waals surface area (Å²) in [6, 6.07) is 8.86. The SMILES string of the molecule is Cc1c(NC(=O)Cc2cccnc2)cccc1C(=O)Nc1nccs1.Cl. The second kappa shape index (κ2) is 9.07. The van der Waals surface area contributed by atoms with E-state index >= 15 is 0 Å². The fourth-order valence-electron chi connectivity index (χ4n) is 2.35. The molecule has 0 aliphatic carbocycles. The maximum atomic E-state index is 12.4. The first-order valence-corrected chi connectivity index (χ1v) is 8.50. The van der Waals surface area contributed by atoms with E-state index in [1.54, 1.807) is 55.2 Å². The van der Waals surface area contributed by atoms with Gasteiger partial charge >= 0.3 is 0 Å². The molecule has 0 saturated heterocycles. The number of halogens is 1. The molecule has 2 aromatic heterocycles. The van der Waals surface area contributed by atoms with Gasteiger partial charge in [-0.3, -0.25) is 19.9 Å². The van der Waals surface area contributed by atoms with Gasteiger partial charge in [0, 0.05) is 35.2 Å². The summed E-state index contributed by atoms with van der Waals surface area (Å²) in [5, 5.41) is 7.93. The predicted molar refractivity (Wildman–Crippen MR) is 105 cm³/mol. The number of pyridine rings is 1. The molecule has 26 heavy (non-hydrogen) atoms. The topological polar surface area (TPSA) is 84.0 Å². The molecule has 0 aliphatic heterocycles. The Bertz CT molecular complexity index is 885. The lowest BCUT2D eigenvalue weighted by atomic mass is 10.1. The number of carbonyl (C=O) groups excluding carboxylic acids is 2. The molecule has 6 nitrogen and oxygen atoms in total. The molecule has 0 unspecified atom stereocenters. The van der Waals surface area contributed by atoms with E-state index in [1.807, 2.05) is 6.07 Å². The van der Waals surface area contributed by atoms with E-state index in [9.17, 15) is 9.59 Å². The summed E-state index contributed by atoms with van der Waals surface area (Å²) in [5.74, 6) is -0.413. The average molecular weight is 389 g/mol. The van der Waals surface area contributed by atoms with Crippen molar-refractivity contribution in [2.45, 2.75) is 13.3 Å². The van der Waals surface area contributed by atoms with E-state index in [1.165, 1.54) is 11.3 Å². The van der Waals surface area contributed by atoms with Gasteiger partial charge in [0.05, 0.1) is 6.42 Å². The van der Waals surface area contributed by atoms with Crippen molar-refractivity contribution in [2.24, 2.45) is 0 Å². The zero-order valence-electron chi connectivity index (χ0n) is 13.9. The van der Waals surface area contributed by atoms with Crippen LogP contribution < -0.4 is 10.6 Å². The highest BCUT2D eigenvalue weighted by atomic mass is 35.5. The van der Waals surface area contributed by atoms with Crippen molar-refractivity contribution in [1.29, 1.82) is 0 Å². The summed E-state index contributed by atoms with van der Waals surface area (Å²) in [6.07, 6.45) is 5.17. The standard InChI is InChI=1S/C18H16N4O2S.ClH/c1-12-14(17(24)22-18-20-8-9-25-18)5-2-6-15(12)21-16(23)10-13-4-3-7-19-11-13;/h2-9,11H,10H2,1H3,(H,21,23)(H,20,22,24);1H. The third-order valence-corrected chi connectivity index (χ3v) is 4.28. The van der Waals surface area contributed by atoms with Crippen molar-refractivity contribution in [3.63, 3.8) is 0 Å². The number of nitrogens with zero attached hydrogens (tertiary/aromatic N) is 2. The van der Waals surface area contributed by atoms with Crippen molar-refractivity contribution >= 4 is 46.4 Å². The third-order valence-electron chi connectivity index (χ3n) is 3.59. The van der Waals surface area contributed by atoms with Crippen LogP contribution in [0, 0.1) is 6.92 Å². The Hall–Kier alpha value is -2.77. The molecule has 0 bridgehead atoms. The molecular weight excluding hydrogens is 372 g/mol. The minimum absolute atomic E-state index is 0. The number of hydrogen-bond donors (Lipinski definition) is 2. The van der Waals surface area contributed by atoms with Crippen LogP contribution in [-0.4, -0.2) is 21.8 Å². The first-order chi connectivity index (χ1) is 12.1. The molecule has 3 aromatic rings. The van der Waals surface area contributed by atoms with Crippen LogP contribution in [0.4, 0.5) is 10.8 Å². The maximum Gasteiger partial charge on any atom is 0.257 e. The molecule has 3 rings (SSSR count). The van der Waals surface area contributed by atoms with E-state index in [0.29, 0.717) is 21.9 Å². The fraction of sp³-hybridized carbons (Fsp3) is 0.111. The molecule has 0 radical (unpaired) electrons. The smallest absolute Gasteiger partial charge is 0.257 e. The zero-order chi connectivity index (χ0) is 17.6. The van der Waals surface area contributed by atoms with Gasteiger partial charge in [-0.15, -0.1) is 23.7 Å². The van der Waals surface area contributed by atoms with Gasteiger partial charge < -0.3 is 5.32 Å². The summed E-state index contributed by atoms with van der Waals surface area (Å²) in [6.45, 7) is 1.80. The minimum Gasteiger partial charge on any atom is -0.326 e. The first kappa shape index (κ1) is 19.6. The molecule has 0 fully saturated rings. The third kappa shape index (κ3) is 4.87. The lowest BCUT2D eigenvalue weighted by molar-refractivity contribution is -0.115. The highest BCUT2D eigenvalue weighted by Crippen LogP contribution is 2.21. The van der Waals surface area contributed by atoms with Crippen LogP contribution >= 0.6 is 23.7 Å². The summed E-state index contributed by atoms with van der Waals surface area (Å²) in [4.78, 5) is 32.7. The number of amides is 2. The van der Waals surface area contributed by atoms with Crippen LogP contribution in [0.15, 0.2) is 54.3 Å². The van der Waals surface area contributed by atoms with Gasteiger partial charge in [0.15, 0.2) is 5.13 Å². The molecule has 0 atom stereocenters. The number of carbonyl (C=O) groups is 2. The number of nitrogens with one attached hydrogen (secondary N) is 2. The lowest BCUT2D eigenvalue weighted by Crippen LogP contribution is -2.18. The van der Waals surface area contributed by atoms with Gasteiger partial charge in [-0.25, -0.2) is 4.98 Å². The predicted octanol–water partition coefficient (Wildman–Crippen LogP) is 3.70. The molecular formula is C18H17ClN4O2S. The van der Waals surface area contributed by atoms with Crippen LogP contribution in [0.25, 0.3) is 0 Å². The number of aromatic nitrogens is 2. The van der Waals surface area contributed by atoms with Crippen molar-refractivity contribution in [3.8, 4) is 0 Å². The second-order valence-electron chi connectivity index (χ2n) is 5.36. The summed E-state index contributed by atoms with van der Waals surface area (Å²) < 4.78 is 0. The van der Waals surface area contributed by atoms with Crippen molar-refractivity contribution in [2.75, 3.05) is 10.6 Å². The van der Waals surface area contributed by atoms with Crippen LogP contribution in [0.3, 0.4) is 0 Å². The van der Waals surface area contributed by atoms with E-state index in [0.717, 1.165) is 5.56 Å². The number of rotatable bonds is 5. The molecule has 2 heterocycles. The highest BCUT2D eigenvalue weighted by molar-refractivity contribution is 7.13.